The van der Waals surface area contributed by atoms with Crippen LogP contribution in [0.4, 0.5) is 0 Å². The smallest absolute Gasteiger partial charge is 0.180 e. The zero-order valence-corrected chi connectivity index (χ0v) is 24.8. The third kappa shape index (κ3) is 3.84. The normalized spacial score (nSPS) is 14.8. The van der Waals surface area contributed by atoms with Crippen molar-refractivity contribution < 1.29 is 4.42 Å². The molecule has 1 fully saturated rings. The monoisotopic (exact) mass is 579 g/mol. The van der Waals surface area contributed by atoms with Gasteiger partial charge in [0.1, 0.15) is 16.8 Å². The second-order valence-corrected chi connectivity index (χ2v) is 12.3. The van der Waals surface area contributed by atoms with Crippen LogP contribution in [0.3, 0.4) is 0 Å². The van der Waals surface area contributed by atoms with Gasteiger partial charge in [0.25, 0.3) is 0 Å². The van der Waals surface area contributed by atoms with Crippen LogP contribution in [0.25, 0.3) is 67.0 Å². The van der Waals surface area contributed by atoms with Gasteiger partial charge in [0.05, 0.1) is 11.6 Å². The van der Waals surface area contributed by atoms with Gasteiger partial charge < -0.3 is 4.42 Å². The van der Waals surface area contributed by atoms with Crippen LogP contribution in [0.1, 0.15) is 48.8 Å². The van der Waals surface area contributed by atoms with Crippen molar-refractivity contribution in [3.8, 4) is 51.0 Å². The summed E-state index contributed by atoms with van der Waals surface area (Å²) < 4.78 is 6.38. The Morgan fingerprint density at radius 2 is 1.40 bits per heavy atom. The van der Waals surface area contributed by atoms with Crippen molar-refractivity contribution in [2.45, 2.75) is 37.5 Å². The fourth-order valence-corrected chi connectivity index (χ4v) is 7.95. The van der Waals surface area contributed by atoms with E-state index in [0.717, 1.165) is 57.3 Å². The molecule has 0 amide bonds. The molecule has 4 nitrogen and oxygen atoms in total. The van der Waals surface area contributed by atoms with Crippen molar-refractivity contribution in [2.75, 3.05) is 0 Å². The van der Waals surface area contributed by atoms with Crippen molar-refractivity contribution in [3.05, 3.63) is 132 Å². The number of furan rings is 1. The standard InChI is InChI=1S/C41H29N3O/c42-25-26-20-21-31-34(24-26)41(22-9-2-10-23-41)33-18-11-17-29(36(31)33)28-14-5-6-15-30(28)40-43-37(27-12-3-1-4-13-27)39-38(44-40)32-16-7-8-19-35(32)45-39/h1,3-8,11-21,24H,2,9-10,22-23H2. The SMILES string of the molecule is N#Cc1ccc2c(c1)C1(CCCCC1)c1cccc(-c3ccccc3-c3nc(-c4ccccc4)c4oc5ccccc5c4n3)c1-2. The molecule has 5 aromatic carbocycles. The molecule has 9 rings (SSSR count). The van der Waals surface area contributed by atoms with E-state index >= 15 is 0 Å². The Hall–Kier alpha value is -5.53. The summed E-state index contributed by atoms with van der Waals surface area (Å²) in [5, 5.41) is 10.8. The zero-order valence-electron chi connectivity index (χ0n) is 24.8. The van der Waals surface area contributed by atoms with Crippen molar-refractivity contribution in [1.82, 2.24) is 9.97 Å². The van der Waals surface area contributed by atoms with E-state index in [2.05, 4.69) is 78.9 Å². The van der Waals surface area contributed by atoms with Gasteiger partial charge in [-0.3, -0.25) is 0 Å². The Labute approximate surface area is 261 Å². The third-order valence-corrected chi connectivity index (χ3v) is 9.95. The van der Waals surface area contributed by atoms with Crippen LogP contribution in [0, 0.1) is 11.3 Å². The highest BCUT2D eigenvalue weighted by Gasteiger charge is 2.44. The lowest BCUT2D eigenvalue weighted by Gasteiger charge is -2.36. The van der Waals surface area contributed by atoms with Gasteiger partial charge in [-0.1, -0.05) is 110 Å². The third-order valence-electron chi connectivity index (χ3n) is 9.95. The first kappa shape index (κ1) is 25.9. The highest BCUT2D eigenvalue weighted by Crippen LogP contribution is 2.58. The summed E-state index contributed by atoms with van der Waals surface area (Å²) in [5.41, 5.74) is 13.3. The molecule has 4 heteroatoms. The van der Waals surface area contributed by atoms with E-state index < -0.39 is 0 Å². The van der Waals surface area contributed by atoms with Crippen molar-refractivity contribution in [3.63, 3.8) is 0 Å². The van der Waals surface area contributed by atoms with E-state index in [1.807, 2.05) is 42.5 Å². The molecule has 7 aromatic rings. The molecule has 1 saturated carbocycles. The van der Waals surface area contributed by atoms with E-state index in [1.165, 1.54) is 47.1 Å². The average molecular weight is 580 g/mol. The summed E-state index contributed by atoms with van der Waals surface area (Å²) >= 11 is 0. The first-order valence-electron chi connectivity index (χ1n) is 15.8. The predicted molar refractivity (Wildman–Crippen MR) is 180 cm³/mol. The van der Waals surface area contributed by atoms with Crippen molar-refractivity contribution >= 4 is 22.1 Å². The largest absolute Gasteiger partial charge is 0.452 e. The van der Waals surface area contributed by atoms with Gasteiger partial charge in [0.15, 0.2) is 11.4 Å². The molecule has 0 unspecified atom stereocenters. The maximum Gasteiger partial charge on any atom is 0.180 e. The topological polar surface area (TPSA) is 62.7 Å². The van der Waals surface area contributed by atoms with E-state index in [1.54, 1.807) is 0 Å². The van der Waals surface area contributed by atoms with Crippen LogP contribution >= 0.6 is 0 Å². The summed E-state index contributed by atoms with van der Waals surface area (Å²) in [6.45, 7) is 0. The van der Waals surface area contributed by atoms with E-state index in [0.29, 0.717) is 11.4 Å². The molecule has 0 bridgehead atoms. The lowest BCUT2D eigenvalue weighted by atomic mass is 9.67. The molecule has 1 spiro atoms. The molecule has 0 N–H and O–H groups in total. The molecule has 2 heterocycles. The molecular weight excluding hydrogens is 550 g/mol. The molecule has 0 atom stereocenters. The molecule has 2 aromatic heterocycles. The van der Waals surface area contributed by atoms with Crippen molar-refractivity contribution in [2.24, 2.45) is 0 Å². The van der Waals surface area contributed by atoms with Crippen LogP contribution in [0.5, 0.6) is 0 Å². The second-order valence-electron chi connectivity index (χ2n) is 12.3. The molecular formula is C41H29N3O. The molecule has 0 aliphatic heterocycles. The maximum absolute atomic E-state index is 9.83. The Bertz CT molecular complexity index is 2320. The predicted octanol–water partition coefficient (Wildman–Crippen LogP) is 10.5. The Balaban J connectivity index is 1.31. The van der Waals surface area contributed by atoms with Crippen LogP contribution < -0.4 is 0 Å². The van der Waals surface area contributed by atoms with Gasteiger partial charge in [-0.05, 0) is 70.5 Å². The summed E-state index contributed by atoms with van der Waals surface area (Å²) in [7, 11) is 0. The van der Waals surface area contributed by atoms with Gasteiger partial charge in [-0.15, -0.1) is 0 Å². The van der Waals surface area contributed by atoms with Gasteiger partial charge in [0.2, 0.25) is 0 Å². The van der Waals surface area contributed by atoms with Crippen LogP contribution in [0.15, 0.2) is 120 Å². The maximum atomic E-state index is 9.83. The fourth-order valence-electron chi connectivity index (χ4n) is 7.95. The van der Waals surface area contributed by atoms with Gasteiger partial charge in [0, 0.05) is 21.9 Å². The molecule has 214 valence electrons. The van der Waals surface area contributed by atoms with E-state index in [-0.39, 0.29) is 5.41 Å². The van der Waals surface area contributed by atoms with E-state index in [9.17, 15) is 5.26 Å². The quantitative estimate of drug-likeness (QED) is 0.209. The highest BCUT2D eigenvalue weighted by atomic mass is 16.3. The van der Waals surface area contributed by atoms with Crippen LogP contribution in [-0.2, 0) is 5.41 Å². The van der Waals surface area contributed by atoms with Crippen molar-refractivity contribution in [1.29, 1.82) is 5.26 Å². The number of aromatic nitrogens is 2. The minimum absolute atomic E-state index is 0.0493. The summed E-state index contributed by atoms with van der Waals surface area (Å²) in [6, 6.07) is 42.3. The number of benzene rings is 5. The Morgan fingerprint density at radius 1 is 0.644 bits per heavy atom. The minimum atomic E-state index is -0.0493. The summed E-state index contributed by atoms with van der Waals surface area (Å²) in [4.78, 5) is 10.4. The number of fused-ring (bicyclic) bond motifs is 8. The lowest BCUT2D eigenvalue weighted by Crippen LogP contribution is -2.28. The molecule has 2 aliphatic carbocycles. The Morgan fingerprint density at radius 3 is 2.24 bits per heavy atom. The molecule has 2 aliphatic rings. The number of hydrogen-bond donors (Lipinski definition) is 0. The highest BCUT2D eigenvalue weighted by molar-refractivity contribution is 6.07. The number of rotatable bonds is 3. The number of hydrogen-bond acceptors (Lipinski definition) is 4. The summed E-state index contributed by atoms with van der Waals surface area (Å²) in [6.07, 6.45) is 5.89. The first-order valence-corrected chi connectivity index (χ1v) is 15.8. The fraction of sp³-hybridized carbons (Fsp3) is 0.146. The van der Waals surface area contributed by atoms with E-state index in [4.69, 9.17) is 14.4 Å². The zero-order chi connectivity index (χ0) is 30.0. The van der Waals surface area contributed by atoms with Gasteiger partial charge >= 0.3 is 0 Å². The Kier molecular flexibility index (Phi) is 5.76. The molecule has 0 radical (unpaired) electrons. The molecule has 45 heavy (non-hydrogen) atoms. The van der Waals surface area contributed by atoms with Gasteiger partial charge in [-0.25, -0.2) is 9.97 Å². The number of nitrogens with zero attached hydrogens (tertiary/aromatic N) is 3. The number of para-hydroxylation sites is 1. The summed E-state index contributed by atoms with van der Waals surface area (Å²) in [5.74, 6) is 0.673. The van der Waals surface area contributed by atoms with Crippen LogP contribution in [0.2, 0.25) is 0 Å². The first-order chi connectivity index (χ1) is 22.2. The average Bonchev–Trinajstić information content (AvgIpc) is 3.62. The number of nitriles is 1. The van der Waals surface area contributed by atoms with Crippen LogP contribution in [-0.4, -0.2) is 9.97 Å². The lowest BCUT2D eigenvalue weighted by molar-refractivity contribution is 0.353. The van der Waals surface area contributed by atoms with Gasteiger partial charge in [-0.2, -0.15) is 5.26 Å². The second kappa shape index (κ2) is 10.0. The minimum Gasteiger partial charge on any atom is -0.452 e. The molecule has 0 saturated heterocycles.